The highest BCUT2D eigenvalue weighted by atomic mass is 19.4. The van der Waals surface area contributed by atoms with E-state index in [2.05, 4.69) is 6.92 Å². The van der Waals surface area contributed by atoms with Crippen molar-refractivity contribution in [1.82, 2.24) is 0 Å². The Hall–Kier alpha value is -2.30. The lowest BCUT2D eigenvalue weighted by Gasteiger charge is -2.29. The molecule has 5 heteroatoms. The average Bonchev–Trinajstić information content (AvgIpc) is 2.82. The van der Waals surface area contributed by atoms with E-state index in [1.165, 1.54) is 75.6 Å². The molecule has 1 atom stereocenters. The molecular weight excluding hydrogens is 425 g/mol. The minimum absolute atomic E-state index is 0.0860. The summed E-state index contributed by atoms with van der Waals surface area (Å²) in [7, 11) is 0. The number of halogens is 3. The van der Waals surface area contributed by atoms with Gasteiger partial charge in [-0.1, -0.05) is 87.9 Å². The number of carbonyl (C=O) groups excluding carboxylic acids is 1. The topological polar surface area (TPSA) is 26.3 Å². The molecule has 0 heterocycles. The van der Waals surface area contributed by atoms with Crippen molar-refractivity contribution >= 4 is 5.97 Å². The van der Waals surface area contributed by atoms with Gasteiger partial charge < -0.3 is 4.74 Å². The zero-order chi connectivity index (χ0) is 23.7. The molecule has 3 rings (SSSR count). The summed E-state index contributed by atoms with van der Waals surface area (Å²) in [6.45, 7) is 2.24. The highest BCUT2D eigenvalue weighted by Crippen LogP contribution is 2.39. The van der Waals surface area contributed by atoms with Crippen LogP contribution in [0.2, 0.25) is 0 Å². The van der Waals surface area contributed by atoms with Gasteiger partial charge in [0, 0.05) is 5.56 Å². The predicted molar refractivity (Wildman–Crippen MR) is 125 cm³/mol. The Morgan fingerprint density at radius 1 is 0.909 bits per heavy atom. The van der Waals surface area contributed by atoms with Crippen molar-refractivity contribution in [2.24, 2.45) is 5.92 Å². The highest BCUT2D eigenvalue weighted by molar-refractivity contribution is 5.89. The van der Waals surface area contributed by atoms with E-state index < -0.39 is 18.2 Å². The minimum atomic E-state index is -4.68. The first-order valence-electron chi connectivity index (χ1n) is 12.3. The molecule has 1 aliphatic rings. The van der Waals surface area contributed by atoms with Gasteiger partial charge in [0.15, 0.2) is 0 Å². The van der Waals surface area contributed by atoms with Crippen LogP contribution in [0.25, 0.3) is 0 Å². The van der Waals surface area contributed by atoms with Gasteiger partial charge in [-0.15, -0.1) is 0 Å². The maximum Gasteiger partial charge on any atom is 0.429 e. The summed E-state index contributed by atoms with van der Waals surface area (Å²) >= 11 is 0. The average molecular weight is 461 g/mol. The fraction of sp³-hybridized carbons (Fsp3) is 0.536. The second-order valence-electron chi connectivity index (χ2n) is 9.28. The second-order valence-corrected chi connectivity index (χ2v) is 9.28. The molecule has 0 N–H and O–H groups in total. The number of ether oxygens (including phenoxy) is 1. The van der Waals surface area contributed by atoms with E-state index >= 15 is 0 Å². The van der Waals surface area contributed by atoms with E-state index in [0.29, 0.717) is 5.92 Å². The molecule has 2 aromatic carbocycles. The van der Waals surface area contributed by atoms with Crippen LogP contribution in [0, 0.1) is 5.92 Å². The van der Waals surface area contributed by atoms with Crippen molar-refractivity contribution in [3.05, 3.63) is 71.3 Å². The molecule has 1 fully saturated rings. The summed E-state index contributed by atoms with van der Waals surface area (Å²) in [6, 6.07) is 14.2. The minimum Gasteiger partial charge on any atom is -0.444 e. The van der Waals surface area contributed by atoms with Gasteiger partial charge in [-0.25, -0.2) is 4.79 Å². The van der Waals surface area contributed by atoms with Crippen LogP contribution >= 0.6 is 0 Å². The maximum atomic E-state index is 13.5. The number of hydrogen-bond donors (Lipinski definition) is 0. The van der Waals surface area contributed by atoms with Crippen LogP contribution in [0.3, 0.4) is 0 Å². The molecule has 1 saturated carbocycles. The van der Waals surface area contributed by atoms with E-state index in [4.69, 9.17) is 4.74 Å². The smallest absolute Gasteiger partial charge is 0.429 e. The van der Waals surface area contributed by atoms with E-state index in [0.717, 1.165) is 24.3 Å². The molecule has 33 heavy (non-hydrogen) atoms. The largest absolute Gasteiger partial charge is 0.444 e. The van der Waals surface area contributed by atoms with Crippen LogP contribution in [0.5, 0.6) is 0 Å². The Bertz CT molecular complexity index is 838. The van der Waals surface area contributed by atoms with Crippen molar-refractivity contribution in [1.29, 1.82) is 0 Å². The monoisotopic (exact) mass is 460 g/mol. The summed E-state index contributed by atoms with van der Waals surface area (Å²) in [5, 5.41) is 0. The van der Waals surface area contributed by atoms with Gasteiger partial charge in [0.2, 0.25) is 6.10 Å². The van der Waals surface area contributed by atoms with Gasteiger partial charge in [0.05, 0.1) is 5.56 Å². The zero-order valence-corrected chi connectivity index (χ0v) is 19.4. The molecule has 1 unspecified atom stereocenters. The standard InChI is InChI=1S/C28H35F3O2/c1-2-3-4-5-7-10-21-13-15-22(16-14-21)23-17-19-25(20-18-23)27(32)33-26(28(29,30)31)24-11-8-6-9-12-24/h6,8-9,11-12,17-22,26H,2-5,7,10,13-16H2,1H3/t21-,22-,26?. The lowest BCUT2D eigenvalue weighted by atomic mass is 9.77. The molecule has 0 radical (unpaired) electrons. The number of benzene rings is 2. The van der Waals surface area contributed by atoms with Crippen molar-refractivity contribution < 1.29 is 22.7 Å². The Balaban J connectivity index is 1.52. The molecule has 180 valence electrons. The van der Waals surface area contributed by atoms with Crippen LogP contribution < -0.4 is 0 Å². The van der Waals surface area contributed by atoms with Crippen molar-refractivity contribution in [3.8, 4) is 0 Å². The summed E-state index contributed by atoms with van der Waals surface area (Å²) in [6.07, 6.45) is 5.71. The quantitative estimate of drug-likeness (QED) is 0.262. The van der Waals surface area contributed by atoms with Crippen LogP contribution in [-0.4, -0.2) is 12.1 Å². The zero-order valence-electron chi connectivity index (χ0n) is 19.4. The molecule has 0 aromatic heterocycles. The van der Waals surface area contributed by atoms with Gasteiger partial charge in [-0.2, -0.15) is 13.2 Å². The fourth-order valence-electron chi connectivity index (χ4n) is 4.84. The maximum absolute atomic E-state index is 13.5. The second kappa shape index (κ2) is 12.2. The van der Waals surface area contributed by atoms with Crippen molar-refractivity contribution in [3.63, 3.8) is 0 Å². The molecule has 2 nitrogen and oxygen atoms in total. The molecule has 0 bridgehead atoms. The summed E-state index contributed by atoms with van der Waals surface area (Å²) in [5.74, 6) is 0.313. The number of carbonyl (C=O) groups is 1. The van der Waals surface area contributed by atoms with E-state index in [1.807, 2.05) is 12.1 Å². The summed E-state index contributed by atoms with van der Waals surface area (Å²) < 4.78 is 45.3. The molecule has 2 aromatic rings. The van der Waals surface area contributed by atoms with Gasteiger partial charge in [0.1, 0.15) is 0 Å². The third-order valence-corrected chi connectivity index (χ3v) is 6.80. The lowest BCUT2D eigenvalue weighted by Crippen LogP contribution is -2.26. The van der Waals surface area contributed by atoms with Crippen LogP contribution in [0.15, 0.2) is 54.6 Å². The van der Waals surface area contributed by atoms with Crippen molar-refractivity contribution in [2.75, 3.05) is 0 Å². The lowest BCUT2D eigenvalue weighted by molar-refractivity contribution is -0.207. The number of alkyl halides is 3. The van der Waals surface area contributed by atoms with Gasteiger partial charge >= 0.3 is 12.1 Å². The third kappa shape index (κ3) is 7.62. The predicted octanol–water partition coefficient (Wildman–Crippen LogP) is 8.78. The first-order valence-corrected chi connectivity index (χ1v) is 12.3. The van der Waals surface area contributed by atoms with Gasteiger partial charge in [-0.3, -0.25) is 0 Å². The van der Waals surface area contributed by atoms with E-state index in [1.54, 1.807) is 18.2 Å². The third-order valence-electron chi connectivity index (χ3n) is 6.80. The fourth-order valence-corrected chi connectivity index (χ4v) is 4.84. The molecule has 0 spiro atoms. The number of rotatable bonds is 10. The Labute approximate surface area is 195 Å². The van der Waals surface area contributed by atoms with E-state index in [-0.39, 0.29) is 11.1 Å². The normalized spacial score (nSPS) is 19.8. The number of esters is 1. The van der Waals surface area contributed by atoms with Crippen LogP contribution in [-0.2, 0) is 4.74 Å². The molecule has 0 aliphatic heterocycles. The first-order chi connectivity index (χ1) is 15.9. The Morgan fingerprint density at radius 2 is 1.55 bits per heavy atom. The number of unbranched alkanes of at least 4 members (excludes halogenated alkanes) is 4. The Kier molecular flexibility index (Phi) is 9.40. The molecule has 1 aliphatic carbocycles. The first kappa shape index (κ1) is 25.3. The number of hydrogen-bond acceptors (Lipinski definition) is 2. The van der Waals surface area contributed by atoms with Crippen LogP contribution in [0.4, 0.5) is 13.2 Å². The van der Waals surface area contributed by atoms with Gasteiger partial charge in [-0.05, 0) is 55.2 Å². The molecular formula is C28H35F3O2. The Morgan fingerprint density at radius 3 is 2.15 bits per heavy atom. The van der Waals surface area contributed by atoms with Crippen LogP contribution in [0.1, 0.15) is 105 Å². The SMILES string of the molecule is CCCCCCC[C@H]1CC[C@H](c2ccc(C(=O)OC(c3ccccc3)C(F)(F)F)cc2)CC1. The van der Waals surface area contributed by atoms with Gasteiger partial charge in [0.25, 0.3) is 0 Å². The van der Waals surface area contributed by atoms with E-state index in [9.17, 15) is 18.0 Å². The molecule has 0 saturated heterocycles. The highest BCUT2D eigenvalue weighted by Gasteiger charge is 2.44. The summed E-state index contributed by atoms with van der Waals surface area (Å²) in [4.78, 5) is 12.4. The summed E-state index contributed by atoms with van der Waals surface area (Å²) in [5.41, 5.74) is 1.21. The molecule has 0 amide bonds. The van der Waals surface area contributed by atoms with Crippen molar-refractivity contribution in [2.45, 2.75) is 89.3 Å².